The third-order valence-corrected chi connectivity index (χ3v) is 5.03. The second-order valence-corrected chi connectivity index (χ2v) is 6.93. The molecule has 0 spiro atoms. The molecule has 0 amide bonds. The molecule has 6 heteroatoms. The van der Waals surface area contributed by atoms with E-state index in [1.165, 1.54) is 6.07 Å². The molecule has 1 unspecified atom stereocenters. The van der Waals surface area contributed by atoms with Crippen LogP contribution in [0.25, 0.3) is 0 Å². The monoisotopic (exact) mass is 304 g/mol. The minimum atomic E-state index is -3.54. The first-order chi connectivity index (χ1) is 8.81. The Morgan fingerprint density at radius 2 is 2.05 bits per heavy atom. The highest BCUT2D eigenvalue weighted by atomic mass is 35.5. The number of rotatable bonds is 6. The lowest BCUT2D eigenvalue weighted by molar-refractivity contribution is 0.528. The van der Waals surface area contributed by atoms with Gasteiger partial charge in [-0.05, 0) is 36.1 Å². The zero-order chi connectivity index (χ0) is 14.6. The van der Waals surface area contributed by atoms with Gasteiger partial charge in [-0.15, -0.1) is 0 Å². The molecule has 0 bridgehead atoms. The highest BCUT2D eigenvalue weighted by Crippen LogP contribution is 2.24. The summed E-state index contributed by atoms with van der Waals surface area (Å²) in [6.07, 6.45) is 0.922. The van der Waals surface area contributed by atoms with Gasteiger partial charge < -0.3 is 5.73 Å². The average molecular weight is 305 g/mol. The van der Waals surface area contributed by atoms with Gasteiger partial charge in [0, 0.05) is 18.1 Å². The Labute approximate surface area is 120 Å². The molecule has 1 aromatic carbocycles. The van der Waals surface area contributed by atoms with Gasteiger partial charge in [0.25, 0.3) is 0 Å². The van der Waals surface area contributed by atoms with E-state index in [2.05, 4.69) is 4.72 Å². The molecule has 3 N–H and O–H groups in total. The van der Waals surface area contributed by atoms with Crippen molar-refractivity contribution in [2.45, 2.75) is 38.6 Å². The van der Waals surface area contributed by atoms with Gasteiger partial charge in [-0.1, -0.05) is 31.9 Å². The van der Waals surface area contributed by atoms with E-state index < -0.39 is 10.0 Å². The topological polar surface area (TPSA) is 72.2 Å². The van der Waals surface area contributed by atoms with Gasteiger partial charge in [0.15, 0.2) is 0 Å². The van der Waals surface area contributed by atoms with Crippen molar-refractivity contribution in [3.05, 3.63) is 28.3 Å². The SMILES string of the molecule is CCC(C)CNS(=O)(=O)c1cc(Cl)cc(CN)c1C. The summed E-state index contributed by atoms with van der Waals surface area (Å²) in [5.41, 5.74) is 7.00. The molecule has 0 aliphatic heterocycles. The van der Waals surface area contributed by atoms with Crippen LogP contribution in [0.5, 0.6) is 0 Å². The van der Waals surface area contributed by atoms with Crippen LogP contribution in [0.4, 0.5) is 0 Å². The number of halogens is 1. The maximum absolute atomic E-state index is 12.3. The molecular formula is C13H21ClN2O2S. The second-order valence-electron chi connectivity index (χ2n) is 4.76. The number of nitrogens with two attached hydrogens (primary N) is 1. The van der Waals surface area contributed by atoms with E-state index in [0.29, 0.717) is 23.0 Å². The summed E-state index contributed by atoms with van der Waals surface area (Å²) in [5.74, 6) is 0.295. The molecule has 0 aliphatic carbocycles. The Morgan fingerprint density at radius 1 is 1.42 bits per heavy atom. The molecule has 0 saturated carbocycles. The van der Waals surface area contributed by atoms with Crippen molar-refractivity contribution in [2.75, 3.05) is 6.54 Å². The molecule has 0 radical (unpaired) electrons. The molecule has 0 fully saturated rings. The fraction of sp³-hybridized carbons (Fsp3) is 0.538. The van der Waals surface area contributed by atoms with E-state index in [-0.39, 0.29) is 11.4 Å². The molecule has 4 nitrogen and oxygen atoms in total. The third-order valence-electron chi connectivity index (χ3n) is 3.26. The molecule has 0 heterocycles. The molecule has 1 atom stereocenters. The van der Waals surface area contributed by atoms with Crippen LogP contribution in [0.2, 0.25) is 5.02 Å². The van der Waals surface area contributed by atoms with E-state index in [1.807, 2.05) is 13.8 Å². The Kier molecular flexibility index (Phi) is 5.80. The third kappa shape index (κ3) is 4.18. The number of benzene rings is 1. The highest BCUT2D eigenvalue weighted by molar-refractivity contribution is 7.89. The van der Waals surface area contributed by atoms with Crippen molar-refractivity contribution in [3.63, 3.8) is 0 Å². The number of nitrogens with one attached hydrogen (secondary N) is 1. The van der Waals surface area contributed by atoms with Crippen molar-refractivity contribution in [2.24, 2.45) is 11.7 Å². The summed E-state index contributed by atoms with van der Waals surface area (Å²) in [6, 6.07) is 3.17. The zero-order valence-corrected chi connectivity index (χ0v) is 13.1. The van der Waals surface area contributed by atoms with Crippen molar-refractivity contribution < 1.29 is 8.42 Å². The maximum Gasteiger partial charge on any atom is 0.240 e. The van der Waals surface area contributed by atoms with Crippen LogP contribution in [-0.2, 0) is 16.6 Å². The zero-order valence-electron chi connectivity index (χ0n) is 11.5. The van der Waals surface area contributed by atoms with E-state index in [4.69, 9.17) is 17.3 Å². The van der Waals surface area contributed by atoms with Gasteiger partial charge in [0.1, 0.15) is 0 Å². The van der Waals surface area contributed by atoms with Gasteiger partial charge in [0.2, 0.25) is 10.0 Å². The first-order valence-electron chi connectivity index (χ1n) is 6.30. The van der Waals surface area contributed by atoms with Gasteiger partial charge in [-0.3, -0.25) is 0 Å². The van der Waals surface area contributed by atoms with E-state index in [0.717, 1.165) is 12.0 Å². The average Bonchev–Trinajstić information content (AvgIpc) is 2.38. The fourth-order valence-electron chi connectivity index (χ4n) is 1.67. The van der Waals surface area contributed by atoms with Gasteiger partial charge in [0.05, 0.1) is 4.90 Å². The molecule has 108 valence electrons. The summed E-state index contributed by atoms with van der Waals surface area (Å²) in [5, 5.41) is 0.384. The van der Waals surface area contributed by atoms with Crippen LogP contribution >= 0.6 is 11.6 Å². The molecule has 0 saturated heterocycles. The normalized spacial score (nSPS) is 13.5. The van der Waals surface area contributed by atoms with Crippen molar-refractivity contribution in [1.82, 2.24) is 4.72 Å². The van der Waals surface area contributed by atoms with Crippen molar-refractivity contribution in [1.29, 1.82) is 0 Å². The highest BCUT2D eigenvalue weighted by Gasteiger charge is 2.19. The Hall–Kier alpha value is -0.620. The Balaban J connectivity index is 3.11. The quantitative estimate of drug-likeness (QED) is 0.848. The second kappa shape index (κ2) is 6.70. The number of hydrogen-bond donors (Lipinski definition) is 2. The van der Waals surface area contributed by atoms with Crippen LogP contribution in [0.15, 0.2) is 17.0 Å². The summed E-state index contributed by atoms with van der Waals surface area (Å²) in [6.45, 7) is 6.45. The molecule has 1 rings (SSSR count). The summed E-state index contributed by atoms with van der Waals surface area (Å²) in [4.78, 5) is 0.212. The lowest BCUT2D eigenvalue weighted by Crippen LogP contribution is -2.29. The lowest BCUT2D eigenvalue weighted by Gasteiger charge is -2.14. The molecule has 19 heavy (non-hydrogen) atoms. The summed E-state index contributed by atoms with van der Waals surface area (Å²) >= 11 is 5.95. The van der Waals surface area contributed by atoms with Crippen LogP contribution in [0.1, 0.15) is 31.4 Å². The molecule has 1 aromatic rings. The summed E-state index contributed by atoms with van der Waals surface area (Å²) < 4.78 is 27.2. The van der Waals surface area contributed by atoms with Gasteiger partial charge in [-0.2, -0.15) is 0 Å². The first kappa shape index (κ1) is 16.4. The molecular weight excluding hydrogens is 284 g/mol. The Bertz CT molecular complexity index is 544. The minimum absolute atomic E-state index is 0.212. The summed E-state index contributed by atoms with van der Waals surface area (Å²) in [7, 11) is -3.54. The van der Waals surface area contributed by atoms with Gasteiger partial charge >= 0.3 is 0 Å². The number of sulfonamides is 1. The van der Waals surface area contributed by atoms with Crippen LogP contribution < -0.4 is 10.5 Å². The van der Waals surface area contributed by atoms with Crippen molar-refractivity contribution in [3.8, 4) is 0 Å². The fourth-order valence-corrected chi connectivity index (χ4v) is 3.45. The predicted molar refractivity (Wildman–Crippen MR) is 78.7 cm³/mol. The first-order valence-corrected chi connectivity index (χ1v) is 8.16. The Morgan fingerprint density at radius 3 is 2.58 bits per heavy atom. The maximum atomic E-state index is 12.3. The van der Waals surface area contributed by atoms with E-state index in [9.17, 15) is 8.42 Å². The van der Waals surface area contributed by atoms with E-state index >= 15 is 0 Å². The molecule has 0 aliphatic rings. The smallest absolute Gasteiger partial charge is 0.240 e. The van der Waals surface area contributed by atoms with Crippen LogP contribution in [-0.4, -0.2) is 15.0 Å². The van der Waals surface area contributed by atoms with Crippen LogP contribution in [0, 0.1) is 12.8 Å². The standard InChI is InChI=1S/C13H21ClN2O2S/c1-4-9(2)8-16-19(17,18)13-6-12(14)5-11(7-15)10(13)3/h5-6,9,16H,4,7-8,15H2,1-3H3. The molecule has 0 aromatic heterocycles. The number of hydrogen-bond acceptors (Lipinski definition) is 3. The lowest BCUT2D eigenvalue weighted by atomic mass is 10.1. The largest absolute Gasteiger partial charge is 0.326 e. The predicted octanol–water partition coefficient (Wildman–Crippen LogP) is 2.43. The van der Waals surface area contributed by atoms with E-state index in [1.54, 1.807) is 13.0 Å². The minimum Gasteiger partial charge on any atom is -0.326 e. The van der Waals surface area contributed by atoms with Crippen molar-refractivity contribution >= 4 is 21.6 Å². The van der Waals surface area contributed by atoms with Gasteiger partial charge in [-0.25, -0.2) is 13.1 Å². The van der Waals surface area contributed by atoms with Crippen LogP contribution in [0.3, 0.4) is 0 Å².